The fourth-order valence-corrected chi connectivity index (χ4v) is 5.24. The molecular weight excluding hydrogens is 441 g/mol. The van der Waals surface area contributed by atoms with Crippen LogP contribution in [0.25, 0.3) is 0 Å². The third-order valence-electron chi connectivity index (χ3n) is 7.18. The highest BCUT2D eigenvalue weighted by molar-refractivity contribution is 5.94. The SMILES string of the molecule is C=CCOc1ccc(C2CCC[C@H]3CN(C(=O)c4ccc(C(F)(F)F)cc4)CCN23)c(C)c1C. The van der Waals surface area contributed by atoms with E-state index in [0.29, 0.717) is 25.3 Å². The van der Waals surface area contributed by atoms with E-state index in [-0.39, 0.29) is 18.0 Å². The Morgan fingerprint density at radius 1 is 1.09 bits per heavy atom. The molecule has 1 amide bonds. The predicted octanol–water partition coefficient (Wildman–Crippen LogP) is 5.94. The molecule has 4 nitrogen and oxygen atoms in total. The van der Waals surface area contributed by atoms with Crippen molar-refractivity contribution < 1.29 is 22.7 Å². The number of rotatable bonds is 5. The van der Waals surface area contributed by atoms with Crippen LogP contribution >= 0.6 is 0 Å². The van der Waals surface area contributed by atoms with Crippen LogP contribution in [0.1, 0.15) is 57.9 Å². The molecule has 2 aliphatic rings. The average Bonchev–Trinajstić information content (AvgIpc) is 2.83. The molecule has 2 heterocycles. The Morgan fingerprint density at radius 3 is 2.50 bits per heavy atom. The predicted molar refractivity (Wildman–Crippen MR) is 126 cm³/mol. The second-order valence-electron chi connectivity index (χ2n) is 9.17. The summed E-state index contributed by atoms with van der Waals surface area (Å²) in [7, 11) is 0. The standard InChI is InChI=1S/C27H31F3N2O2/c1-4-16-34-25-13-12-23(18(2)19(25)3)24-7-5-6-22-17-31(14-15-32(22)24)26(33)20-8-10-21(11-9-20)27(28,29)30/h4,8-13,22,24H,1,5-7,14-17H2,2-3H3/t22-,24?/m0/s1. The van der Waals surface area contributed by atoms with Crippen molar-refractivity contribution in [3.63, 3.8) is 0 Å². The van der Waals surface area contributed by atoms with Gasteiger partial charge in [-0.15, -0.1) is 0 Å². The average molecular weight is 473 g/mol. The molecule has 0 radical (unpaired) electrons. The number of hydrogen-bond donors (Lipinski definition) is 0. The van der Waals surface area contributed by atoms with Crippen LogP contribution in [0.3, 0.4) is 0 Å². The maximum absolute atomic E-state index is 13.0. The second kappa shape index (κ2) is 9.82. The van der Waals surface area contributed by atoms with E-state index in [9.17, 15) is 18.0 Å². The van der Waals surface area contributed by atoms with Crippen LogP contribution in [0.4, 0.5) is 13.2 Å². The first-order chi connectivity index (χ1) is 16.2. The summed E-state index contributed by atoms with van der Waals surface area (Å²) in [5, 5.41) is 0. The third kappa shape index (κ3) is 4.85. The highest BCUT2D eigenvalue weighted by Crippen LogP contribution is 2.39. The number of hydrogen-bond acceptors (Lipinski definition) is 3. The maximum atomic E-state index is 13.0. The van der Waals surface area contributed by atoms with E-state index >= 15 is 0 Å². The van der Waals surface area contributed by atoms with Crippen LogP contribution in [-0.4, -0.2) is 48.0 Å². The second-order valence-corrected chi connectivity index (χ2v) is 9.17. The van der Waals surface area contributed by atoms with Gasteiger partial charge in [-0.05, 0) is 80.1 Å². The maximum Gasteiger partial charge on any atom is 0.416 e. The Kier molecular flexibility index (Phi) is 7.03. The normalized spacial score (nSPS) is 21.1. The zero-order valence-electron chi connectivity index (χ0n) is 19.7. The summed E-state index contributed by atoms with van der Waals surface area (Å²) >= 11 is 0. The number of alkyl halides is 3. The minimum atomic E-state index is -4.41. The van der Waals surface area contributed by atoms with Crippen LogP contribution in [-0.2, 0) is 6.18 Å². The molecule has 2 aromatic rings. The lowest BCUT2D eigenvalue weighted by Gasteiger charge is -2.48. The first-order valence-electron chi connectivity index (χ1n) is 11.8. The summed E-state index contributed by atoms with van der Waals surface area (Å²) < 4.78 is 44.4. The van der Waals surface area contributed by atoms with Gasteiger partial charge < -0.3 is 9.64 Å². The highest BCUT2D eigenvalue weighted by Gasteiger charge is 2.38. The Labute approximate surface area is 199 Å². The van der Waals surface area contributed by atoms with Gasteiger partial charge in [-0.25, -0.2) is 0 Å². The molecule has 2 aliphatic heterocycles. The number of nitrogens with zero attached hydrogens (tertiary/aromatic N) is 2. The number of fused-ring (bicyclic) bond motifs is 1. The molecule has 0 aliphatic carbocycles. The van der Waals surface area contributed by atoms with Crippen LogP contribution in [0.2, 0.25) is 0 Å². The van der Waals surface area contributed by atoms with Gasteiger partial charge in [-0.3, -0.25) is 9.69 Å². The molecule has 2 fully saturated rings. The molecule has 4 rings (SSSR count). The van der Waals surface area contributed by atoms with Gasteiger partial charge in [-0.2, -0.15) is 13.2 Å². The smallest absolute Gasteiger partial charge is 0.416 e. The third-order valence-corrected chi connectivity index (χ3v) is 7.18. The molecule has 7 heteroatoms. The largest absolute Gasteiger partial charge is 0.489 e. The van der Waals surface area contributed by atoms with Gasteiger partial charge in [0.25, 0.3) is 5.91 Å². The molecule has 34 heavy (non-hydrogen) atoms. The van der Waals surface area contributed by atoms with Crippen molar-refractivity contribution in [3.05, 3.63) is 76.9 Å². The molecule has 182 valence electrons. The van der Waals surface area contributed by atoms with Gasteiger partial charge >= 0.3 is 6.18 Å². The van der Waals surface area contributed by atoms with Gasteiger partial charge in [0.05, 0.1) is 5.56 Å². The Balaban J connectivity index is 1.48. The molecule has 2 saturated heterocycles. The first-order valence-corrected chi connectivity index (χ1v) is 11.8. The Morgan fingerprint density at radius 2 is 1.82 bits per heavy atom. The summed E-state index contributed by atoms with van der Waals surface area (Å²) in [6.07, 6.45) is 0.473. The molecule has 0 aromatic heterocycles. The van der Waals surface area contributed by atoms with Crippen molar-refractivity contribution in [3.8, 4) is 5.75 Å². The van der Waals surface area contributed by atoms with Crippen molar-refractivity contribution in [1.29, 1.82) is 0 Å². The van der Waals surface area contributed by atoms with Crippen molar-refractivity contribution in [2.75, 3.05) is 26.2 Å². The van der Waals surface area contributed by atoms with Crippen molar-refractivity contribution >= 4 is 5.91 Å². The number of piperazine rings is 1. The number of carbonyl (C=O) groups excluding carboxylic acids is 1. The number of ether oxygens (including phenoxy) is 1. The topological polar surface area (TPSA) is 32.8 Å². The lowest BCUT2D eigenvalue weighted by Crippen LogP contribution is -2.57. The zero-order chi connectivity index (χ0) is 24.5. The fraction of sp³-hybridized carbons (Fsp3) is 0.444. The summed E-state index contributed by atoms with van der Waals surface area (Å²) in [4.78, 5) is 17.3. The van der Waals surface area contributed by atoms with Crippen molar-refractivity contribution in [2.24, 2.45) is 0 Å². The highest BCUT2D eigenvalue weighted by atomic mass is 19.4. The number of piperidine rings is 1. The Bertz CT molecular complexity index is 1050. The minimum Gasteiger partial charge on any atom is -0.489 e. The number of halogens is 3. The molecule has 0 N–H and O–H groups in total. The molecule has 2 atom stereocenters. The molecule has 0 saturated carbocycles. The number of benzene rings is 2. The van der Waals surface area contributed by atoms with Crippen molar-refractivity contribution in [2.45, 2.75) is 51.4 Å². The van der Waals surface area contributed by atoms with E-state index in [1.807, 2.05) is 6.07 Å². The minimum absolute atomic E-state index is 0.203. The van der Waals surface area contributed by atoms with Crippen LogP contribution in [0.15, 0.2) is 49.1 Å². The lowest BCUT2D eigenvalue weighted by atomic mass is 9.86. The summed E-state index contributed by atoms with van der Waals surface area (Å²) in [5.41, 5.74) is 3.23. The molecule has 2 aromatic carbocycles. The molecule has 0 bridgehead atoms. The number of carbonyl (C=O) groups is 1. The van der Waals surface area contributed by atoms with Crippen LogP contribution < -0.4 is 4.74 Å². The monoisotopic (exact) mass is 472 g/mol. The van der Waals surface area contributed by atoms with E-state index in [1.165, 1.54) is 23.3 Å². The van der Waals surface area contributed by atoms with E-state index < -0.39 is 11.7 Å². The first kappa shape index (κ1) is 24.3. The summed E-state index contributed by atoms with van der Waals surface area (Å²) in [6, 6.07) is 9.24. The number of amides is 1. The van der Waals surface area contributed by atoms with E-state index in [1.54, 1.807) is 11.0 Å². The van der Waals surface area contributed by atoms with E-state index in [2.05, 4.69) is 31.4 Å². The van der Waals surface area contributed by atoms with Gasteiger partial charge in [0, 0.05) is 37.3 Å². The molecule has 0 spiro atoms. The lowest BCUT2D eigenvalue weighted by molar-refractivity contribution is -0.137. The van der Waals surface area contributed by atoms with Gasteiger partial charge in [0.2, 0.25) is 0 Å². The summed E-state index contributed by atoms with van der Waals surface area (Å²) in [5.74, 6) is 0.673. The van der Waals surface area contributed by atoms with Gasteiger partial charge in [-0.1, -0.05) is 18.7 Å². The zero-order valence-corrected chi connectivity index (χ0v) is 19.7. The Hall–Kier alpha value is -2.80. The molecule has 1 unspecified atom stereocenters. The van der Waals surface area contributed by atoms with Gasteiger partial charge in [0.1, 0.15) is 12.4 Å². The molecular formula is C27H31F3N2O2. The summed E-state index contributed by atoms with van der Waals surface area (Å²) in [6.45, 7) is 10.3. The van der Waals surface area contributed by atoms with Gasteiger partial charge in [0.15, 0.2) is 0 Å². The van der Waals surface area contributed by atoms with Crippen LogP contribution in [0, 0.1) is 13.8 Å². The van der Waals surface area contributed by atoms with Crippen LogP contribution in [0.5, 0.6) is 5.75 Å². The van der Waals surface area contributed by atoms with E-state index in [0.717, 1.165) is 49.3 Å². The quantitative estimate of drug-likeness (QED) is 0.505. The van der Waals surface area contributed by atoms with Crippen molar-refractivity contribution in [1.82, 2.24) is 9.80 Å². The van der Waals surface area contributed by atoms with E-state index in [4.69, 9.17) is 4.74 Å². The fourth-order valence-electron chi connectivity index (χ4n) is 5.24.